The van der Waals surface area contributed by atoms with Crippen molar-refractivity contribution in [1.82, 2.24) is 9.36 Å². The molecule has 62 valence electrons. The zero-order chi connectivity index (χ0) is 8.72. The van der Waals surface area contributed by atoms with Crippen molar-refractivity contribution in [3.63, 3.8) is 0 Å². The van der Waals surface area contributed by atoms with E-state index < -0.39 is 5.97 Å². The fourth-order valence-electron chi connectivity index (χ4n) is 1.05. The zero-order valence-corrected chi connectivity index (χ0v) is 7.10. The van der Waals surface area contributed by atoms with Crippen LogP contribution in [0.3, 0.4) is 0 Å². The average Bonchev–Trinajstić information content (AvgIpc) is 2.53. The van der Waals surface area contributed by atoms with E-state index in [9.17, 15) is 4.79 Å². The zero-order valence-electron chi connectivity index (χ0n) is 6.29. The smallest absolute Gasteiger partial charge is 0.352 e. The number of nitrogens with one attached hydrogen (secondary N) is 1. The summed E-state index contributed by atoms with van der Waals surface area (Å²) in [4.78, 5) is 14.1. The molecule has 2 heterocycles. The van der Waals surface area contributed by atoms with Gasteiger partial charge in [0.25, 0.3) is 0 Å². The van der Waals surface area contributed by atoms with Crippen molar-refractivity contribution in [3.8, 4) is 0 Å². The molecule has 0 unspecified atom stereocenters. The molecule has 5 heteroatoms. The lowest BCUT2D eigenvalue weighted by Crippen LogP contribution is -1.94. The van der Waals surface area contributed by atoms with Crippen LogP contribution >= 0.6 is 11.5 Å². The van der Waals surface area contributed by atoms with E-state index in [2.05, 4.69) is 9.36 Å². The maximum atomic E-state index is 10.5. The standard InChI is InChI=1S/C7H6N2O2S/c1-3-4-2-5(7(10)11)8-6(4)12-9-3/h2,8H,1H3,(H,10,11). The minimum absolute atomic E-state index is 0.224. The van der Waals surface area contributed by atoms with Crippen LogP contribution in [0.4, 0.5) is 0 Å². The Balaban J connectivity index is 2.70. The molecule has 0 atom stereocenters. The Morgan fingerprint density at radius 1 is 1.75 bits per heavy atom. The molecule has 0 spiro atoms. The molecular weight excluding hydrogens is 176 g/mol. The Bertz CT molecular complexity index is 443. The number of rotatable bonds is 1. The summed E-state index contributed by atoms with van der Waals surface area (Å²) < 4.78 is 4.07. The quantitative estimate of drug-likeness (QED) is 0.704. The molecule has 0 bridgehead atoms. The summed E-state index contributed by atoms with van der Waals surface area (Å²) in [6.45, 7) is 1.86. The van der Waals surface area contributed by atoms with Gasteiger partial charge < -0.3 is 10.1 Å². The molecule has 0 amide bonds. The van der Waals surface area contributed by atoms with Crippen LogP contribution in [0.1, 0.15) is 16.2 Å². The van der Waals surface area contributed by atoms with Crippen molar-refractivity contribution in [2.45, 2.75) is 6.92 Å². The first kappa shape index (κ1) is 7.30. The van der Waals surface area contributed by atoms with Crippen LogP contribution in [-0.4, -0.2) is 20.4 Å². The van der Waals surface area contributed by atoms with Crippen LogP contribution in [0.25, 0.3) is 10.2 Å². The maximum Gasteiger partial charge on any atom is 0.352 e. The largest absolute Gasteiger partial charge is 0.477 e. The van der Waals surface area contributed by atoms with Crippen molar-refractivity contribution in [1.29, 1.82) is 0 Å². The minimum Gasteiger partial charge on any atom is -0.477 e. The number of carbonyl (C=O) groups is 1. The fourth-order valence-corrected chi connectivity index (χ4v) is 1.84. The van der Waals surface area contributed by atoms with Crippen LogP contribution in [0.15, 0.2) is 6.07 Å². The number of hydrogen-bond donors (Lipinski definition) is 2. The molecule has 0 aliphatic rings. The van der Waals surface area contributed by atoms with Gasteiger partial charge in [0.05, 0.1) is 5.69 Å². The van der Waals surface area contributed by atoms with E-state index >= 15 is 0 Å². The van der Waals surface area contributed by atoms with Crippen LogP contribution in [0, 0.1) is 6.92 Å². The first-order valence-electron chi connectivity index (χ1n) is 3.37. The number of aromatic amines is 1. The molecule has 0 radical (unpaired) electrons. The van der Waals surface area contributed by atoms with Gasteiger partial charge in [0.15, 0.2) is 0 Å². The lowest BCUT2D eigenvalue weighted by atomic mass is 10.3. The predicted molar refractivity (Wildman–Crippen MR) is 45.7 cm³/mol. The highest BCUT2D eigenvalue weighted by atomic mass is 32.1. The van der Waals surface area contributed by atoms with Gasteiger partial charge in [-0.25, -0.2) is 4.79 Å². The molecule has 4 nitrogen and oxygen atoms in total. The summed E-state index contributed by atoms with van der Waals surface area (Å²) in [5.74, 6) is -0.933. The van der Waals surface area contributed by atoms with Crippen molar-refractivity contribution >= 4 is 27.7 Å². The van der Waals surface area contributed by atoms with Gasteiger partial charge in [0.2, 0.25) is 0 Å². The topological polar surface area (TPSA) is 66.0 Å². The molecule has 0 aliphatic carbocycles. The van der Waals surface area contributed by atoms with Gasteiger partial charge in [0, 0.05) is 5.39 Å². The molecule has 0 aliphatic heterocycles. The second kappa shape index (κ2) is 2.31. The summed E-state index contributed by atoms with van der Waals surface area (Å²) in [7, 11) is 0. The van der Waals surface area contributed by atoms with Crippen molar-refractivity contribution in [2.24, 2.45) is 0 Å². The van der Waals surface area contributed by atoms with E-state index in [4.69, 9.17) is 5.11 Å². The molecule has 0 aromatic carbocycles. The first-order valence-corrected chi connectivity index (χ1v) is 4.14. The van der Waals surface area contributed by atoms with Crippen molar-refractivity contribution in [2.75, 3.05) is 0 Å². The normalized spacial score (nSPS) is 10.8. The molecule has 0 saturated heterocycles. The van der Waals surface area contributed by atoms with E-state index in [1.807, 2.05) is 6.92 Å². The number of H-pyrrole nitrogens is 1. The summed E-state index contributed by atoms with van der Waals surface area (Å²) in [5.41, 5.74) is 1.10. The van der Waals surface area contributed by atoms with E-state index in [0.717, 1.165) is 15.9 Å². The number of nitrogens with zero attached hydrogens (tertiary/aromatic N) is 1. The van der Waals surface area contributed by atoms with E-state index in [1.165, 1.54) is 11.5 Å². The lowest BCUT2D eigenvalue weighted by molar-refractivity contribution is 0.0691. The number of aryl methyl sites for hydroxylation is 1. The highest BCUT2D eigenvalue weighted by Crippen LogP contribution is 2.22. The molecule has 0 fully saturated rings. The van der Waals surface area contributed by atoms with Crippen molar-refractivity contribution in [3.05, 3.63) is 17.5 Å². The van der Waals surface area contributed by atoms with Gasteiger partial charge in [-0.1, -0.05) is 0 Å². The van der Waals surface area contributed by atoms with Gasteiger partial charge in [0.1, 0.15) is 10.5 Å². The Hall–Kier alpha value is -1.36. The van der Waals surface area contributed by atoms with Crippen LogP contribution in [0.5, 0.6) is 0 Å². The molecule has 2 aromatic heterocycles. The maximum absolute atomic E-state index is 10.5. The number of carboxylic acids is 1. The summed E-state index contributed by atoms with van der Waals surface area (Å²) in [6, 6.07) is 1.61. The SMILES string of the molecule is Cc1nsc2[nH]c(C(=O)O)cc12. The minimum atomic E-state index is -0.933. The molecule has 2 N–H and O–H groups in total. The third-order valence-electron chi connectivity index (χ3n) is 1.68. The third kappa shape index (κ3) is 0.902. The van der Waals surface area contributed by atoms with Crippen molar-refractivity contribution < 1.29 is 9.90 Å². The molecule has 12 heavy (non-hydrogen) atoms. The van der Waals surface area contributed by atoms with Crippen LogP contribution in [0.2, 0.25) is 0 Å². The van der Waals surface area contributed by atoms with E-state index in [1.54, 1.807) is 6.07 Å². The van der Waals surface area contributed by atoms with E-state index in [-0.39, 0.29) is 5.69 Å². The van der Waals surface area contributed by atoms with Gasteiger partial charge in [-0.3, -0.25) is 0 Å². The number of aromatic nitrogens is 2. The summed E-state index contributed by atoms with van der Waals surface area (Å²) >= 11 is 1.28. The number of carboxylic acid groups (broad SMARTS) is 1. The fraction of sp³-hybridized carbons (Fsp3) is 0.143. The number of aromatic carboxylic acids is 1. The lowest BCUT2D eigenvalue weighted by Gasteiger charge is -1.82. The Morgan fingerprint density at radius 2 is 2.50 bits per heavy atom. The predicted octanol–water partition coefficient (Wildman–Crippen LogP) is 1.63. The number of hydrogen-bond acceptors (Lipinski definition) is 3. The highest BCUT2D eigenvalue weighted by Gasteiger charge is 2.10. The Kier molecular flexibility index (Phi) is 1.41. The highest BCUT2D eigenvalue weighted by molar-refractivity contribution is 7.13. The van der Waals surface area contributed by atoms with Crippen LogP contribution in [-0.2, 0) is 0 Å². The first-order chi connectivity index (χ1) is 5.68. The second-order valence-corrected chi connectivity index (χ2v) is 3.27. The number of fused-ring (bicyclic) bond motifs is 1. The van der Waals surface area contributed by atoms with Gasteiger partial charge in [-0.05, 0) is 24.5 Å². The van der Waals surface area contributed by atoms with Crippen LogP contribution < -0.4 is 0 Å². The monoisotopic (exact) mass is 182 g/mol. The third-order valence-corrected chi connectivity index (χ3v) is 2.55. The molecule has 2 aromatic rings. The molecule has 0 saturated carbocycles. The summed E-state index contributed by atoms with van der Waals surface area (Å²) in [6.07, 6.45) is 0. The Morgan fingerprint density at radius 3 is 3.08 bits per heavy atom. The second-order valence-electron chi connectivity index (χ2n) is 2.50. The van der Waals surface area contributed by atoms with Gasteiger partial charge in [-0.15, -0.1) is 0 Å². The molecule has 2 rings (SSSR count). The van der Waals surface area contributed by atoms with Gasteiger partial charge >= 0.3 is 5.97 Å². The average molecular weight is 182 g/mol. The molecular formula is C7H6N2O2S. The van der Waals surface area contributed by atoms with E-state index in [0.29, 0.717) is 0 Å². The van der Waals surface area contributed by atoms with Gasteiger partial charge in [-0.2, -0.15) is 4.37 Å². The Labute approximate surface area is 72.0 Å². The summed E-state index contributed by atoms with van der Waals surface area (Å²) in [5, 5.41) is 9.55.